The molecular weight excluding hydrogens is 292 g/mol. The van der Waals surface area contributed by atoms with Gasteiger partial charge in [0.1, 0.15) is 12.1 Å². The fraction of sp³-hybridized carbons (Fsp3) is 0.533. The summed E-state index contributed by atoms with van der Waals surface area (Å²) in [7, 11) is 1.63. The molecule has 0 bridgehead atoms. The van der Waals surface area contributed by atoms with Gasteiger partial charge in [0.2, 0.25) is 5.91 Å². The highest BCUT2D eigenvalue weighted by Gasteiger charge is 2.26. The number of hydrogen-bond donors (Lipinski definition) is 2. The zero-order valence-electron chi connectivity index (χ0n) is 12.3. The van der Waals surface area contributed by atoms with E-state index in [4.69, 9.17) is 21.1 Å². The van der Waals surface area contributed by atoms with Gasteiger partial charge >= 0.3 is 0 Å². The van der Waals surface area contributed by atoms with E-state index in [1.165, 1.54) is 0 Å². The van der Waals surface area contributed by atoms with Gasteiger partial charge in [-0.1, -0.05) is 23.7 Å². The maximum absolute atomic E-state index is 12.2. The molecule has 0 spiro atoms. The zero-order chi connectivity index (χ0) is 15.2. The average molecular weight is 313 g/mol. The molecule has 1 aliphatic rings. The Bertz CT molecular complexity index is 460. The van der Waals surface area contributed by atoms with Gasteiger partial charge in [-0.05, 0) is 24.6 Å². The van der Waals surface area contributed by atoms with E-state index in [0.717, 1.165) is 5.56 Å². The molecule has 1 amide bonds. The molecule has 21 heavy (non-hydrogen) atoms. The van der Waals surface area contributed by atoms with E-state index in [-0.39, 0.29) is 24.1 Å². The van der Waals surface area contributed by atoms with Crippen molar-refractivity contribution in [2.45, 2.75) is 25.1 Å². The number of amides is 1. The van der Waals surface area contributed by atoms with Crippen LogP contribution in [0.15, 0.2) is 24.3 Å². The molecule has 1 aliphatic heterocycles. The Balaban J connectivity index is 1.97. The first-order valence-corrected chi connectivity index (χ1v) is 7.39. The van der Waals surface area contributed by atoms with Crippen molar-refractivity contribution in [1.29, 1.82) is 0 Å². The van der Waals surface area contributed by atoms with Crippen molar-refractivity contribution in [3.8, 4) is 0 Å². The molecule has 3 unspecified atom stereocenters. The van der Waals surface area contributed by atoms with Crippen LogP contribution in [0.25, 0.3) is 0 Å². The van der Waals surface area contributed by atoms with Crippen LogP contribution >= 0.6 is 11.6 Å². The quantitative estimate of drug-likeness (QED) is 0.865. The second-order valence-electron chi connectivity index (χ2n) is 5.09. The lowest BCUT2D eigenvalue weighted by Gasteiger charge is -2.28. The first kappa shape index (κ1) is 16.2. The Hall–Kier alpha value is -1.14. The van der Waals surface area contributed by atoms with Crippen molar-refractivity contribution in [3.05, 3.63) is 34.9 Å². The van der Waals surface area contributed by atoms with Crippen molar-refractivity contribution in [2.24, 2.45) is 0 Å². The number of morpholine rings is 1. The average Bonchev–Trinajstić information content (AvgIpc) is 2.50. The maximum Gasteiger partial charge on any atom is 0.239 e. The highest BCUT2D eigenvalue weighted by molar-refractivity contribution is 6.30. The first-order chi connectivity index (χ1) is 10.1. The van der Waals surface area contributed by atoms with E-state index in [9.17, 15) is 4.79 Å². The van der Waals surface area contributed by atoms with Gasteiger partial charge in [-0.2, -0.15) is 0 Å². The number of halogens is 1. The van der Waals surface area contributed by atoms with Crippen molar-refractivity contribution >= 4 is 17.5 Å². The molecule has 0 aliphatic carbocycles. The standard InChI is InChI=1S/C15H21ClN2O3/c1-10(18-15(19)13-9-21-8-7-17-13)14(20-2)11-3-5-12(16)6-4-11/h3-6,10,13-14,17H,7-9H2,1-2H3,(H,18,19). The van der Waals surface area contributed by atoms with Crippen LogP contribution in [0.2, 0.25) is 5.02 Å². The van der Waals surface area contributed by atoms with Crippen LogP contribution in [0.4, 0.5) is 0 Å². The number of methoxy groups -OCH3 is 1. The molecule has 116 valence electrons. The SMILES string of the molecule is COC(c1ccc(Cl)cc1)C(C)NC(=O)C1COCCN1. The van der Waals surface area contributed by atoms with E-state index in [0.29, 0.717) is 24.8 Å². The van der Waals surface area contributed by atoms with Crippen LogP contribution < -0.4 is 10.6 Å². The predicted molar refractivity (Wildman–Crippen MR) is 81.4 cm³/mol. The molecule has 1 fully saturated rings. The van der Waals surface area contributed by atoms with Crippen LogP contribution in [-0.4, -0.2) is 44.9 Å². The molecule has 3 atom stereocenters. The molecule has 2 N–H and O–H groups in total. The number of benzene rings is 1. The third-order valence-corrected chi connectivity index (χ3v) is 3.77. The number of carbonyl (C=O) groups is 1. The van der Waals surface area contributed by atoms with E-state index >= 15 is 0 Å². The third-order valence-electron chi connectivity index (χ3n) is 3.51. The van der Waals surface area contributed by atoms with Gasteiger partial charge in [0.25, 0.3) is 0 Å². The van der Waals surface area contributed by atoms with E-state index in [2.05, 4.69) is 10.6 Å². The van der Waals surface area contributed by atoms with Gasteiger partial charge in [0.15, 0.2) is 0 Å². The number of rotatable bonds is 5. The molecule has 0 saturated carbocycles. The molecule has 2 rings (SSSR count). The van der Waals surface area contributed by atoms with Crippen LogP contribution in [0.5, 0.6) is 0 Å². The van der Waals surface area contributed by atoms with Gasteiger partial charge in [0.05, 0.1) is 19.3 Å². The second-order valence-corrected chi connectivity index (χ2v) is 5.52. The molecule has 1 heterocycles. The molecule has 0 radical (unpaired) electrons. The summed E-state index contributed by atoms with van der Waals surface area (Å²) in [6.45, 7) is 3.66. The Morgan fingerprint density at radius 1 is 1.48 bits per heavy atom. The molecular formula is C15H21ClN2O3. The predicted octanol–water partition coefficient (Wildman–Crippen LogP) is 1.52. The Morgan fingerprint density at radius 3 is 2.76 bits per heavy atom. The summed E-state index contributed by atoms with van der Waals surface area (Å²) >= 11 is 5.89. The summed E-state index contributed by atoms with van der Waals surface area (Å²) in [5.74, 6) is -0.0711. The minimum atomic E-state index is -0.302. The van der Waals surface area contributed by atoms with Gasteiger partial charge in [-0.15, -0.1) is 0 Å². The van der Waals surface area contributed by atoms with E-state index < -0.39 is 0 Å². The first-order valence-electron chi connectivity index (χ1n) is 7.01. The lowest BCUT2D eigenvalue weighted by molar-refractivity contribution is -0.127. The zero-order valence-corrected chi connectivity index (χ0v) is 13.0. The maximum atomic E-state index is 12.2. The fourth-order valence-corrected chi connectivity index (χ4v) is 2.54. The van der Waals surface area contributed by atoms with Crippen molar-refractivity contribution in [1.82, 2.24) is 10.6 Å². The lowest BCUT2D eigenvalue weighted by Crippen LogP contribution is -2.53. The Morgan fingerprint density at radius 2 is 2.19 bits per heavy atom. The van der Waals surface area contributed by atoms with E-state index in [1.54, 1.807) is 7.11 Å². The topological polar surface area (TPSA) is 59.6 Å². The monoisotopic (exact) mass is 312 g/mol. The van der Waals surface area contributed by atoms with Crippen LogP contribution in [0.3, 0.4) is 0 Å². The minimum absolute atomic E-state index is 0.0711. The summed E-state index contributed by atoms with van der Waals surface area (Å²) in [5, 5.41) is 6.78. The third kappa shape index (κ3) is 4.41. The highest BCUT2D eigenvalue weighted by atomic mass is 35.5. The smallest absolute Gasteiger partial charge is 0.239 e. The van der Waals surface area contributed by atoms with E-state index in [1.807, 2.05) is 31.2 Å². The molecule has 6 heteroatoms. The highest BCUT2D eigenvalue weighted by Crippen LogP contribution is 2.22. The van der Waals surface area contributed by atoms with Crippen LogP contribution in [-0.2, 0) is 14.3 Å². The van der Waals surface area contributed by atoms with Crippen molar-refractivity contribution in [2.75, 3.05) is 26.9 Å². The largest absolute Gasteiger partial charge is 0.378 e. The lowest BCUT2D eigenvalue weighted by atomic mass is 10.0. The van der Waals surface area contributed by atoms with Gasteiger partial charge in [-0.3, -0.25) is 4.79 Å². The summed E-state index contributed by atoms with van der Waals surface area (Å²) in [6.07, 6.45) is -0.226. The van der Waals surface area contributed by atoms with Gasteiger partial charge in [-0.25, -0.2) is 0 Å². The number of hydrogen-bond acceptors (Lipinski definition) is 4. The Kier molecular flexibility index (Phi) is 5.99. The number of ether oxygens (including phenoxy) is 2. The molecule has 1 aromatic rings. The van der Waals surface area contributed by atoms with Crippen LogP contribution in [0, 0.1) is 0 Å². The number of carbonyl (C=O) groups excluding carboxylic acids is 1. The molecule has 5 nitrogen and oxygen atoms in total. The summed E-state index contributed by atoms with van der Waals surface area (Å²) in [6, 6.07) is 6.97. The minimum Gasteiger partial charge on any atom is -0.378 e. The Labute approximate surface area is 130 Å². The fourth-order valence-electron chi connectivity index (χ4n) is 2.42. The normalized spacial score (nSPS) is 21.6. The summed E-state index contributed by atoms with van der Waals surface area (Å²) in [4.78, 5) is 12.2. The summed E-state index contributed by atoms with van der Waals surface area (Å²) in [5.41, 5.74) is 0.975. The van der Waals surface area contributed by atoms with Gasteiger partial charge < -0.3 is 20.1 Å². The molecule has 1 saturated heterocycles. The van der Waals surface area contributed by atoms with Gasteiger partial charge in [0, 0.05) is 18.7 Å². The van der Waals surface area contributed by atoms with Crippen molar-refractivity contribution < 1.29 is 14.3 Å². The second kappa shape index (κ2) is 7.75. The molecule has 0 aromatic heterocycles. The summed E-state index contributed by atoms with van der Waals surface area (Å²) < 4.78 is 10.8. The molecule has 1 aromatic carbocycles. The number of nitrogens with one attached hydrogen (secondary N) is 2. The van der Waals surface area contributed by atoms with Crippen LogP contribution in [0.1, 0.15) is 18.6 Å². The van der Waals surface area contributed by atoms with Crippen molar-refractivity contribution in [3.63, 3.8) is 0 Å².